The molecule has 0 fully saturated rings. The van der Waals surface area contributed by atoms with E-state index in [1.807, 2.05) is 0 Å². The van der Waals surface area contributed by atoms with E-state index in [2.05, 4.69) is 21.6 Å². The quantitative estimate of drug-likeness (QED) is 0.639. The van der Waals surface area contributed by atoms with E-state index in [0.29, 0.717) is 0 Å². The van der Waals surface area contributed by atoms with Gasteiger partial charge >= 0.3 is 18.6 Å². The Labute approximate surface area is 73.2 Å². The molecule has 0 aromatic carbocycles. The van der Waals surface area contributed by atoms with Crippen LogP contribution in [0.3, 0.4) is 0 Å². The fourth-order valence-electron chi connectivity index (χ4n) is 0.400. The van der Waals surface area contributed by atoms with Crippen LogP contribution in [0.1, 0.15) is 0 Å². The van der Waals surface area contributed by atoms with Crippen molar-refractivity contribution < 1.29 is 18.6 Å². The van der Waals surface area contributed by atoms with E-state index < -0.39 is 0 Å². The summed E-state index contributed by atoms with van der Waals surface area (Å²) in [6.45, 7) is 0. The van der Waals surface area contributed by atoms with Crippen molar-refractivity contribution in [2.75, 3.05) is 12.4 Å². The van der Waals surface area contributed by atoms with Gasteiger partial charge in [0.25, 0.3) is 0 Å². The van der Waals surface area contributed by atoms with Crippen LogP contribution in [0.2, 0.25) is 0 Å². The van der Waals surface area contributed by atoms with Crippen LogP contribution in [-0.4, -0.2) is 17.0 Å². The van der Waals surface area contributed by atoms with Gasteiger partial charge in [0, 0.05) is 12.1 Å². The molecule has 4 heteroatoms. The molecule has 0 saturated carbocycles. The van der Waals surface area contributed by atoms with Crippen molar-refractivity contribution in [2.24, 2.45) is 0 Å². The van der Waals surface area contributed by atoms with Crippen LogP contribution in [0.4, 0.5) is 5.82 Å². The molecule has 0 spiro atoms. The largest absolute Gasteiger partial charge is 2.00 e. The Balaban J connectivity index is 0. The molecule has 1 rings (SSSR count). The minimum Gasteiger partial charge on any atom is -0.425 e. The van der Waals surface area contributed by atoms with Crippen molar-refractivity contribution in [3.63, 3.8) is 0 Å². The maximum atomic E-state index is 3.75. The second kappa shape index (κ2) is 6.58. The topological polar surface area (TPSA) is 37.8 Å². The van der Waals surface area contributed by atoms with E-state index in [-0.39, 0.29) is 26.0 Å². The number of hydrogen-bond donors (Lipinski definition) is 1. The molecule has 1 radical (unpaired) electrons. The molecule has 1 aromatic rings. The molecule has 53 valence electrons. The van der Waals surface area contributed by atoms with Gasteiger partial charge in [-0.15, -0.1) is 6.07 Å². The predicted octanol–water partition coefficient (Wildman–Crippen LogP) is 0.766. The molecule has 10 heavy (non-hydrogen) atoms. The zero-order chi connectivity index (χ0) is 5.82. The van der Waals surface area contributed by atoms with Gasteiger partial charge in [-0.3, -0.25) is 0 Å². The summed E-state index contributed by atoms with van der Waals surface area (Å²) in [6, 6.07) is 1.77. The van der Waals surface area contributed by atoms with Crippen LogP contribution in [0.5, 0.6) is 0 Å². The Bertz CT molecular complexity index is 154. The average molecular weight is 174 g/mol. The molecule has 3 nitrogen and oxygen atoms in total. The van der Waals surface area contributed by atoms with E-state index in [0.717, 1.165) is 5.82 Å². The van der Waals surface area contributed by atoms with Gasteiger partial charge in [-0.25, -0.2) is 0 Å². The van der Waals surface area contributed by atoms with Gasteiger partial charge in [0.1, 0.15) is 0 Å². The molecule has 1 heterocycles. The van der Waals surface area contributed by atoms with Crippen LogP contribution in [0, 0.1) is 13.8 Å². The number of hydrogen-bond acceptors (Lipinski definition) is 3. The number of aromatic nitrogens is 2. The molecular formula is C6H9N3V. The number of nitrogens with zero attached hydrogens (tertiary/aromatic N) is 2. The standard InChI is InChI=1S/C5H6N3.CH3.V/c1-6-5-2-3-7-4-8-5;;/h2-3H,1H3,(H,6,7,8);1H3;/q2*-1;+2. The van der Waals surface area contributed by atoms with E-state index in [1.165, 1.54) is 0 Å². The van der Waals surface area contributed by atoms with Crippen molar-refractivity contribution in [1.82, 2.24) is 9.97 Å². The van der Waals surface area contributed by atoms with E-state index in [9.17, 15) is 0 Å². The monoisotopic (exact) mass is 174 g/mol. The minimum absolute atomic E-state index is 0. The summed E-state index contributed by atoms with van der Waals surface area (Å²) in [5, 5.41) is 2.84. The van der Waals surface area contributed by atoms with Gasteiger partial charge in [-0.05, 0) is 7.05 Å². The summed E-state index contributed by atoms with van der Waals surface area (Å²) < 4.78 is 0. The van der Waals surface area contributed by atoms with Crippen LogP contribution in [0.25, 0.3) is 0 Å². The summed E-state index contributed by atoms with van der Waals surface area (Å²) >= 11 is 0. The smallest absolute Gasteiger partial charge is 0.425 e. The fraction of sp³-hybridized carbons (Fsp3) is 0.167. The first-order valence-electron chi connectivity index (χ1n) is 2.30. The molecule has 0 aliphatic rings. The summed E-state index contributed by atoms with van der Waals surface area (Å²) in [6.07, 6.45) is 4.09. The molecule has 1 N–H and O–H groups in total. The van der Waals surface area contributed by atoms with Crippen LogP contribution >= 0.6 is 0 Å². The fourth-order valence-corrected chi connectivity index (χ4v) is 0.400. The van der Waals surface area contributed by atoms with Gasteiger partial charge in [0.2, 0.25) is 0 Å². The Kier molecular flexibility index (Phi) is 8.01. The van der Waals surface area contributed by atoms with Gasteiger partial charge in [-0.2, -0.15) is 0 Å². The summed E-state index contributed by atoms with van der Waals surface area (Å²) in [7, 11) is 1.80. The number of nitrogens with one attached hydrogen (secondary N) is 1. The second-order valence-corrected chi connectivity index (χ2v) is 1.29. The van der Waals surface area contributed by atoms with E-state index in [1.54, 1.807) is 19.3 Å². The van der Waals surface area contributed by atoms with Gasteiger partial charge in [0.15, 0.2) is 0 Å². The average Bonchev–Trinajstić information content (AvgIpc) is 1.90. The third-order valence-electron chi connectivity index (χ3n) is 0.791. The normalized spacial score (nSPS) is 6.90. The maximum absolute atomic E-state index is 3.75. The van der Waals surface area contributed by atoms with Crippen LogP contribution in [-0.2, 0) is 18.6 Å². The van der Waals surface area contributed by atoms with E-state index >= 15 is 0 Å². The second-order valence-electron chi connectivity index (χ2n) is 1.29. The van der Waals surface area contributed by atoms with Gasteiger partial charge in [-0.1, -0.05) is 6.20 Å². The number of anilines is 1. The summed E-state index contributed by atoms with van der Waals surface area (Å²) in [5.41, 5.74) is 0. The van der Waals surface area contributed by atoms with Gasteiger partial charge < -0.3 is 22.7 Å². The minimum atomic E-state index is 0. The first-order valence-corrected chi connectivity index (χ1v) is 2.30. The van der Waals surface area contributed by atoms with E-state index in [4.69, 9.17) is 0 Å². The first-order chi connectivity index (χ1) is 3.93. The van der Waals surface area contributed by atoms with Crippen molar-refractivity contribution in [3.8, 4) is 0 Å². The molecule has 0 atom stereocenters. The Morgan fingerprint density at radius 1 is 1.60 bits per heavy atom. The molecular weight excluding hydrogens is 165 g/mol. The van der Waals surface area contributed by atoms with Crippen LogP contribution in [0.15, 0.2) is 12.3 Å². The Hall–Kier alpha value is -0.536. The SMILES string of the molecule is CNc1ccn[c-]n1.[CH3-].[V+2]. The zero-order valence-corrected chi connectivity index (χ0v) is 7.39. The maximum Gasteiger partial charge on any atom is 2.00 e. The molecule has 0 unspecified atom stereocenters. The third-order valence-corrected chi connectivity index (χ3v) is 0.791. The van der Waals surface area contributed by atoms with Crippen molar-refractivity contribution >= 4 is 5.82 Å². The van der Waals surface area contributed by atoms with Crippen molar-refractivity contribution in [1.29, 1.82) is 0 Å². The molecule has 1 aromatic heterocycles. The van der Waals surface area contributed by atoms with Crippen LogP contribution < -0.4 is 5.32 Å². The molecule has 0 saturated heterocycles. The molecule has 0 aliphatic carbocycles. The molecule has 0 amide bonds. The van der Waals surface area contributed by atoms with Crippen molar-refractivity contribution in [2.45, 2.75) is 0 Å². The third kappa shape index (κ3) is 3.48. The first kappa shape index (κ1) is 12.2. The van der Waals surface area contributed by atoms with Gasteiger partial charge in [0.05, 0.1) is 0 Å². The summed E-state index contributed by atoms with van der Waals surface area (Å²) in [5.74, 6) is 0.792. The zero-order valence-electron chi connectivity index (χ0n) is 6.00. The molecule has 0 aliphatic heterocycles. The Morgan fingerprint density at radius 3 is 2.60 bits per heavy atom. The summed E-state index contributed by atoms with van der Waals surface area (Å²) in [4.78, 5) is 7.37. The van der Waals surface area contributed by atoms with Crippen molar-refractivity contribution in [3.05, 3.63) is 26.0 Å². The Morgan fingerprint density at radius 2 is 2.30 bits per heavy atom. The number of rotatable bonds is 1. The molecule has 0 bridgehead atoms. The predicted molar refractivity (Wildman–Crippen MR) is 36.8 cm³/mol.